The van der Waals surface area contributed by atoms with E-state index in [0.29, 0.717) is 0 Å². The van der Waals surface area contributed by atoms with Gasteiger partial charge in [-0.15, -0.1) is 0 Å². The van der Waals surface area contributed by atoms with Crippen molar-refractivity contribution in [2.24, 2.45) is 0 Å². The molecule has 1 heterocycles. The zero-order valence-electron chi connectivity index (χ0n) is 10.4. The molecule has 0 spiro atoms. The second-order valence-electron chi connectivity index (χ2n) is 3.69. The predicted octanol–water partition coefficient (Wildman–Crippen LogP) is 2.95. The predicted molar refractivity (Wildman–Crippen MR) is 57.5 cm³/mol. The quantitative estimate of drug-likeness (QED) is 0.869. The summed E-state index contributed by atoms with van der Waals surface area (Å²) in [5.74, 6) is -0.661. The van der Waals surface area contributed by atoms with Gasteiger partial charge in [-0.05, 0) is 0 Å². The molecule has 4 nitrogen and oxygen atoms in total. The molecule has 1 N–H and O–H groups in total. The van der Waals surface area contributed by atoms with E-state index in [4.69, 9.17) is 0 Å². The van der Waals surface area contributed by atoms with Crippen LogP contribution in [-0.2, 0) is 6.42 Å². The molecule has 1 aromatic heterocycles. The van der Waals surface area contributed by atoms with E-state index in [0.717, 1.165) is 6.07 Å². The Kier molecular flexibility index (Phi) is 4.66. The summed E-state index contributed by atoms with van der Waals surface area (Å²) in [7, 11) is 1.41. The summed E-state index contributed by atoms with van der Waals surface area (Å²) in [6.07, 6.45) is -14.9. The summed E-state index contributed by atoms with van der Waals surface area (Å²) in [6.45, 7) is 1.60. The molecule has 0 unspecified atom stereocenters. The number of anilines is 1. The van der Waals surface area contributed by atoms with E-state index in [1.54, 1.807) is 6.92 Å². The Balaban J connectivity index is 3.11. The Labute approximate surface area is 110 Å². The number of halogens is 6. The van der Waals surface area contributed by atoms with Crippen LogP contribution in [-0.4, -0.2) is 35.5 Å². The minimum absolute atomic E-state index is 0.0648. The number of nitrogens with one attached hydrogen (secondary N) is 1. The molecular weight excluding hydrogens is 292 g/mol. The van der Waals surface area contributed by atoms with Crippen molar-refractivity contribution in [3.63, 3.8) is 0 Å². The van der Waals surface area contributed by atoms with Crippen LogP contribution in [0.3, 0.4) is 0 Å². The first-order valence-electron chi connectivity index (χ1n) is 5.43. The van der Waals surface area contributed by atoms with Crippen molar-refractivity contribution < 1.29 is 31.1 Å². The second-order valence-corrected chi connectivity index (χ2v) is 3.69. The monoisotopic (exact) mass is 303 g/mol. The number of rotatable bonds is 4. The van der Waals surface area contributed by atoms with Gasteiger partial charge < -0.3 is 10.1 Å². The molecule has 0 fully saturated rings. The molecule has 0 saturated heterocycles. The van der Waals surface area contributed by atoms with Gasteiger partial charge in [0.25, 0.3) is 6.10 Å². The number of ether oxygens (including phenoxy) is 1. The highest BCUT2D eigenvalue weighted by molar-refractivity contribution is 5.37. The van der Waals surface area contributed by atoms with Gasteiger partial charge in [0.2, 0.25) is 5.88 Å². The maximum absolute atomic E-state index is 12.4. The Morgan fingerprint density at radius 1 is 1.15 bits per heavy atom. The van der Waals surface area contributed by atoms with Crippen LogP contribution in [0.1, 0.15) is 12.7 Å². The van der Waals surface area contributed by atoms with Crippen LogP contribution >= 0.6 is 0 Å². The standard InChI is InChI=1S/C10H11F6N3O/c1-3-5-18-6(17-2)4-7(19-5)20-8(9(11,12)13)10(14,15)16/h4,8H,3H2,1-2H3,(H,17,18,19). The Bertz CT molecular complexity index is 423. The summed E-state index contributed by atoms with van der Waals surface area (Å²) in [6, 6.07) is 0.865. The van der Waals surface area contributed by atoms with E-state index < -0.39 is 24.3 Å². The summed E-state index contributed by atoms with van der Waals surface area (Å²) >= 11 is 0. The number of nitrogens with zero attached hydrogens (tertiary/aromatic N) is 2. The molecule has 20 heavy (non-hydrogen) atoms. The van der Waals surface area contributed by atoms with E-state index >= 15 is 0 Å². The first kappa shape index (κ1) is 16.3. The normalized spacial score (nSPS) is 12.7. The molecule has 0 saturated carbocycles. The van der Waals surface area contributed by atoms with Gasteiger partial charge in [-0.25, -0.2) is 4.98 Å². The van der Waals surface area contributed by atoms with Crippen LogP contribution in [0.25, 0.3) is 0 Å². The number of aromatic nitrogens is 2. The van der Waals surface area contributed by atoms with Crippen molar-refractivity contribution >= 4 is 5.82 Å². The molecule has 0 amide bonds. The number of aryl methyl sites for hydroxylation is 1. The van der Waals surface area contributed by atoms with Crippen LogP contribution in [0, 0.1) is 0 Å². The fourth-order valence-corrected chi connectivity index (χ4v) is 1.26. The third-order valence-corrected chi connectivity index (χ3v) is 2.15. The summed E-state index contributed by atoms with van der Waals surface area (Å²) in [5.41, 5.74) is 0. The van der Waals surface area contributed by atoms with Crippen molar-refractivity contribution in [3.05, 3.63) is 11.9 Å². The lowest BCUT2D eigenvalue weighted by Crippen LogP contribution is -2.46. The minimum Gasteiger partial charge on any atom is -0.455 e. The number of hydrogen-bond acceptors (Lipinski definition) is 4. The van der Waals surface area contributed by atoms with Crippen molar-refractivity contribution in [3.8, 4) is 5.88 Å². The largest absolute Gasteiger partial charge is 0.455 e. The molecule has 114 valence electrons. The average Bonchev–Trinajstić information content (AvgIpc) is 2.32. The van der Waals surface area contributed by atoms with E-state index in [9.17, 15) is 26.3 Å². The van der Waals surface area contributed by atoms with Gasteiger partial charge in [-0.1, -0.05) is 6.92 Å². The second kappa shape index (κ2) is 5.71. The van der Waals surface area contributed by atoms with Crippen LogP contribution in [0.4, 0.5) is 32.2 Å². The molecule has 10 heteroatoms. The van der Waals surface area contributed by atoms with Gasteiger partial charge in [0.15, 0.2) is 0 Å². The Hall–Kier alpha value is -1.74. The lowest BCUT2D eigenvalue weighted by Gasteiger charge is -2.23. The molecule has 0 aliphatic rings. The molecule has 0 atom stereocenters. The number of hydrogen-bond donors (Lipinski definition) is 1. The SMILES string of the molecule is CCc1nc(NC)cc(OC(C(F)(F)F)C(F)(F)F)n1. The van der Waals surface area contributed by atoms with Gasteiger partial charge in [0.1, 0.15) is 11.6 Å². The van der Waals surface area contributed by atoms with Gasteiger partial charge in [-0.3, -0.25) is 0 Å². The smallest absolute Gasteiger partial charge is 0.434 e. The lowest BCUT2D eigenvalue weighted by molar-refractivity contribution is -0.300. The first-order chi connectivity index (χ1) is 9.07. The van der Waals surface area contributed by atoms with Gasteiger partial charge >= 0.3 is 12.4 Å². The van der Waals surface area contributed by atoms with Crippen LogP contribution in [0.5, 0.6) is 5.88 Å². The molecule has 0 aliphatic heterocycles. The van der Waals surface area contributed by atoms with E-state index in [1.807, 2.05) is 0 Å². The zero-order chi connectivity index (χ0) is 15.6. The van der Waals surface area contributed by atoms with Gasteiger partial charge in [-0.2, -0.15) is 31.3 Å². The summed E-state index contributed by atoms with van der Waals surface area (Å²) in [4.78, 5) is 7.33. The highest BCUT2D eigenvalue weighted by Gasteiger charge is 2.59. The molecule has 0 aliphatic carbocycles. The van der Waals surface area contributed by atoms with Crippen LogP contribution in [0.2, 0.25) is 0 Å². The van der Waals surface area contributed by atoms with Gasteiger partial charge in [0.05, 0.1) is 0 Å². The maximum Gasteiger partial charge on any atom is 0.434 e. The van der Waals surface area contributed by atoms with Crippen LogP contribution in [0.15, 0.2) is 6.07 Å². The zero-order valence-corrected chi connectivity index (χ0v) is 10.4. The van der Waals surface area contributed by atoms with Crippen molar-refractivity contribution in [2.45, 2.75) is 31.8 Å². The highest BCUT2D eigenvalue weighted by atomic mass is 19.4. The summed E-state index contributed by atoms with van der Waals surface area (Å²) < 4.78 is 78.2. The Morgan fingerprint density at radius 2 is 1.70 bits per heavy atom. The maximum atomic E-state index is 12.4. The molecular formula is C10H11F6N3O. The van der Waals surface area contributed by atoms with E-state index in [2.05, 4.69) is 20.0 Å². The lowest BCUT2D eigenvalue weighted by atomic mass is 10.3. The highest BCUT2D eigenvalue weighted by Crippen LogP contribution is 2.36. The fourth-order valence-electron chi connectivity index (χ4n) is 1.26. The molecule has 0 aromatic carbocycles. The molecule has 1 rings (SSSR count). The molecule has 1 aromatic rings. The first-order valence-corrected chi connectivity index (χ1v) is 5.43. The third kappa shape index (κ3) is 4.14. The van der Waals surface area contributed by atoms with Crippen LogP contribution < -0.4 is 10.1 Å². The fraction of sp³-hybridized carbons (Fsp3) is 0.600. The molecule has 0 radical (unpaired) electrons. The topological polar surface area (TPSA) is 47.0 Å². The van der Waals surface area contributed by atoms with Crippen molar-refractivity contribution in [1.29, 1.82) is 0 Å². The van der Waals surface area contributed by atoms with Crippen molar-refractivity contribution in [2.75, 3.05) is 12.4 Å². The van der Waals surface area contributed by atoms with E-state index in [-0.39, 0.29) is 18.1 Å². The minimum atomic E-state index is -5.59. The average molecular weight is 303 g/mol. The molecule has 0 bridgehead atoms. The van der Waals surface area contributed by atoms with Crippen molar-refractivity contribution in [1.82, 2.24) is 9.97 Å². The number of alkyl halides is 6. The Morgan fingerprint density at radius 3 is 2.10 bits per heavy atom. The van der Waals surface area contributed by atoms with Gasteiger partial charge in [0, 0.05) is 19.5 Å². The summed E-state index contributed by atoms with van der Waals surface area (Å²) in [5, 5.41) is 2.50. The van der Waals surface area contributed by atoms with E-state index in [1.165, 1.54) is 7.05 Å². The third-order valence-electron chi connectivity index (χ3n) is 2.15.